The van der Waals surface area contributed by atoms with Crippen LogP contribution in [0.4, 0.5) is 10.5 Å². The van der Waals surface area contributed by atoms with Crippen molar-refractivity contribution in [1.82, 2.24) is 9.88 Å². The van der Waals surface area contributed by atoms with E-state index in [1.54, 1.807) is 30.2 Å². The Labute approximate surface area is 117 Å². The summed E-state index contributed by atoms with van der Waals surface area (Å²) in [7, 11) is 0. The quantitative estimate of drug-likeness (QED) is 0.819. The number of aliphatic hydroxyl groups is 1. The number of carbonyl (C=O) groups is 1. The molecule has 1 saturated heterocycles. The fourth-order valence-electron chi connectivity index (χ4n) is 2.26. The summed E-state index contributed by atoms with van der Waals surface area (Å²) in [5, 5.41) is 12.6. The molecule has 2 rings (SSSR count). The molecule has 6 heteroatoms. The predicted octanol–water partition coefficient (Wildman–Crippen LogP) is 2.36. The van der Waals surface area contributed by atoms with Gasteiger partial charge in [-0.3, -0.25) is 0 Å². The van der Waals surface area contributed by atoms with E-state index >= 15 is 0 Å². The molecule has 1 fully saturated rings. The van der Waals surface area contributed by atoms with E-state index in [2.05, 4.69) is 10.3 Å². The molecule has 2 heterocycles. The van der Waals surface area contributed by atoms with E-state index in [4.69, 9.17) is 11.6 Å². The molecule has 1 aliphatic heterocycles. The van der Waals surface area contributed by atoms with Gasteiger partial charge in [0.05, 0.1) is 11.8 Å². The van der Waals surface area contributed by atoms with Gasteiger partial charge >= 0.3 is 6.03 Å². The number of anilines is 1. The van der Waals surface area contributed by atoms with Crippen LogP contribution in [0.25, 0.3) is 0 Å². The topological polar surface area (TPSA) is 65.5 Å². The molecular weight excluding hydrogens is 266 g/mol. The van der Waals surface area contributed by atoms with Gasteiger partial charge in [-0.25, -0.2) is 9.78 Å². The lowest BCUT2D eigenvalue weighted by Crippen LogP contribution is -2.44. The number of nitrogens with one attached hydrogen (secondary N) is 1. The molecule has 0 aromatic carbocycles. The average Bonchev–Trinajstić information content (AvgIpc) is 2.41. The van der Waals surface area contributed by atoms with Crippen LogP contribution in [0.5, 0.6) is 0 Å². The van der Waals surface area contributed by atoms with Gasteiger partial charge in [-0.05, 0) is 31.9 Å². The number of piperidine rings is 1. The molecular formula is C13H18ClN3O2. The minimum absolute atomic E-state index is 0.142. The fraction of sp³-hybridized carbons (Fsp3) is 0.538. The Bertz CT molecular complexity index is 453. The van der Waals surface area contributed by atoms with E-state index < -0.39 is 6.10 Å². The maximum Gasteiger partial charge on any atom is 0.321 e. The Hall–Kier alpha value is -1.33. The van der Waals surface area contributed by atoms with Gasteiger partial charge in [0.2, 0.25) is 0 Å². The van der Waals surface area contributed by atoms with Gasteiger partial charge in [-0.15, -0.1) is 0 Å². The highest BCUT2D eigenvalue weighted by molar-refractivity contribution is 6.32. The first-order chi connectivity index (χ1) is 9.08. The van der Waals surface area contributed by atoms with Crippen molar-refractivity contribution in [3.8, 4) is 0 Å². The SMILES string of the molecule is CC(O)C1CCCN(C(=O)Nc2cccnc2Cl)C1. The number of carbonyl (C=O) groups excluding carboxylic acids is 1. The van der Waals surface area contributed by atoms with Gasteiger partial charge in [-0.2, -0.15) is 0 Å². The van der Waals surface area contributed by atoms with Crippen LogP contribution in [0.3, 0.4) is 0 Å². The number of aromatic nitrogens is 1. The van der Waals surface area contributed by atoms with E-state index in [1.165, 1.54) is 0 Å². The van der Waals surface area contributed by atoms with Gasteiger partial charge in [0, 0.05) is 25.2 Å². The Kier molecular flexibility index (Phi) is 4.61. The summed E-state index contributed by atoms with van der Waals surface area (Å²) < 4.78 is 0. The van der Waals surface area contributed by atoms with Gasteiger partial charge in [0.15, 0.2) is 5.15 Å². The largest absolute Gasteiger partial charge is 0.393 e. The minimum Gasteiger partial charge on any atom is -0.393 e. The minimum atomic E-state index is -0.391. The molecule has 2 amide bonds. The number of likely N-dealkylation sites (tertiary alicyclic amines) is 1. The molecule has 0 aliphatic carbocycles. The number of amides is 2. The summed E-state index contributed by atoms with van der Waals surface area (Å²) in [6.07, 6.45) is 3.04. The number of urea groups is 1. The van der Waals surface area contributed by atoms with E-state index in [9.17, 15) is 9.90 Å². The summed E-state index contributed by atoms with van der Waals surface area (Å²) in [5.74, 6) is 0.142. The van der Waals surface area contributed by atoms with Crippen LogP contribution < -0.4 is 5.32 Å². The fourth-order valence-corrected chi connectivity index (χ4v) is 2.43. The van der Waals surface area contributed by atoms with Crippen LogP contribution in [0.2, 0.25) is 5.15 Å². The number of rotatable bonds is 2. The smallest absolute Gasteiger partial charge is 0.321 e. The molecule has 2 N–H and O–H groups in total. The summed E-state index contributed by atoms with van der Waals surface area (Å²) in [4.78, 5) is 17.8. The first-order valence-corrected chi connectivity index (χ1v) is 6.80. The number of hydrogen-bond acceptors (Lipinski definition) is 3. The van der Waals surface area contributed by atoms with Crippen molar-refractivity contribution in [1.29, 1.82) is 0 Å². The zero-order valence-electron chi connectivity index (χ0n) is 10.8. The van der Waals surface area contributed by atoms with Crippen LogP contribution in [0, 0.1) is 5.92 Å². The highest BCUT2D eigenvalue weighted by Crippen LogP contribution is 2.22. The van der Waals surface area contributed by atoms with Crippen LogP contribution >= 0.6 is 11.6 Å². The zero-order valence-corrected chi connectivity index (χ0v) is 11.6. The molecule has 2 atom stereocenters. The van der Waals surface area contributed by atoms with E-state index in [-0.39, 0.29) is 17.1 Å². The second-order valence-corrected chi connectivity index (χ2v) is 5.22. The van der Waals surface area contributed by atoms with Crippen LogP contribution in [-0.4, -0.2) is 40.2 Å². The molecule has 0 spiro atoms. The Morgan fingerprint density at radius 2 is 2.47 bits per heavy atom. The third-order valence-corrected chi connectivity index (χ3v) is 3.73. The van der Waals surface area contributed by atoms with Crippen LogP contribution in [-0.2, 0) is 0 Å². The molecule has 1 aromatic rings. The summed E-state index contributed by atoms with van der Waals surface area (Å²) in [6.45, 7) is 3.04. The predicted molar refractivity (Wildman–Crippen MR) is 74.2 cm³/mol. The normalized spacial score (nSPS) is 21.0. The van der Waals surface area contributed by atoms with Crippen molar-refractivity contribution in [2.45, 2.75) is 25.9 Å². The van der Waals surface area contributed by atoms with E-state index in [0.717, 1.165) is 12.8 Å². The van der Waals surface area contributed by atoms with Crippen molar-refractivity contribution in [2.75, 3.05) is 18.4 Å². The third-order valence-electron chi connectivity index (χ3n) is 3.43. The van der Waals surface area contributed by atoms with Crippen molar-refractivity contribution < 1.29 is 9.90 Å². The zero-order chi connectivity index (χ0) is 13.8. The number of halogens is 1. The number of pyridine rings is 1. The molecule has 19 heavy (non-hydrogen) atoms. The lowest BCUT2D eigenvalue weighted by molar-refractivity contribution is 0.0766. The standard InChI is InChI=1S/C13H18ClN3O2/c1-9(18)10-4-3-7-17(8-10)13(19)16-11-5-2-6-15-12(11)14/h2,5-6,9-10,18H,3-4,7-8H2,1H3,(H,16,19). The number of aliphatic hydroxyl groups excluding tert-OH is 1. The second-order valence-electron chi connectivity index (χ2n) is 4.86. The molecule has 2 unspecified atom stereocenters. The van der Waals surface area contributed by atoms with Crippen LogP contribution in [0.1, 0.15) is 19.8 Å². The van der Waals surface area contributed by atoms with Crippen molar-refractivity contribution >= 4 is 23.3 Å². The first kappa shape index (κ1) is 14.1. The Morgan fingerprint density at radius 3 is 3.16 bits per heavy atom. The molecule has 0 radical (unpaired) electrons. The maximum atomic E-state index is 12.1. The summed E-state index contributed by atoms with van der Waals surface area (Å²) in [6, 6.07) is 3.24. The summed E-state index contributed by atoms with van der Waals surface area (Å²) in [5.41, 5.74) is 0.508. The van der Waals surface area contributed by atoms with Crippen molar-refractivity contribution in [2.24, 2.45) is 5.92 Å². The first-order valence-electron chi connectivity index (χ1n) is 6.42. The molecule has 0 bridgehead atoms. The average molecular weight is 284 g/mol. The monoisotopic (exact) mass is 283 g/mol. The van der Waals surface area contributed by atoms with Gasteiger partial charge < -0.3 is 15.3 Å². The highest BCUT2D eigenvalue weighted by Gasteiger charge is 2.26. The molecule has 5 nitrogen and oxygen atoms in total. The lowest BCUT2D eigenvalue weighted by Gasteiger charge is -2.34. The summed E-state index contributed by atoms with van der Waals surface area (Å²) >= 11 is 5.90. The van der Waals surface area contributed by atoms with Gasteiger partial charge in [-0.1, -0.05) is 11.6 Å². The molecule has 0 saturated carbocycles. The maximum absolute atomic E-state index is 12.1. The third kappa shape index (κ3) is 3.58. The number of hydrogen-bond donors (Lipinski definition) is 2. The molecule has 1 aromatic heterocycles. The highest BCUT2D eigenvalue weighted by atomic mass is 35.5. The van der Waals surface area contributed by atoms with E-state index in [1.807, 2.05) is 0 Å². The van der Waals surface area contributed by atoms with Gasteiger partial charge in [0.25, 0.3) is 0 Å². The molecule has 104 valence electrons. The van der Waals surface area contributed by atoms with Crippen molar-refractivity contribution in [3.63, 3.8) is 0 Å². The molecule has 1 aliphatic rings. The van der Waals surface area contributed by atoms with Crippen molar-refractivity contribution in [3.05, 3.63) is 23.5 Å². The van der Waals surface area contributed by atoms with Gasteiger partial charge in [0.1, 0.15) is 0 Å². The lowest BCUT2D eigenvalue weighted by atomic mass is 9.94. The Morgan fingerprint density at radius 1 is 1.68 bits per heavy atom. The Balaban J connectivity index is 1.98. The van der Waals surface area contributed by atoms with E-state index in [0.29, 0.717) is 18.8 Å². The van der Waals surface area contributed by atoms with Crippen LogP contribution in [0.15, 0.2) is 18.3 Å². The number of nitrogens with zero attached hydrogens (tertiary/aromatic N) is 2. The second kappa shape index (κ2) is 6.21.